The molecule has 4 heteroatoms. The van der Waals surface area contributed by atoms with Crippen molar-refractivity contribution >= 4 is 17.7 Å². The van der Waals surface area contributed by atoms with Gasteiger partial charge in [0.2, 0.25) is 0 Å². The lowest BCUT2D eigenvalue weighted by Gasteiger charge is -2.33. The number of hydrogen-bond donors (Lipinski definition) is 1. The summed E-state index contributed by atoms with van der Waals surface area (Å²) in [6.07, 6.45) is 3.29. The van der Waals surface area contributed by atoms with E-state index in [2.05, 4.69) is 4.90 Å². The van der Waals surface area contributed by atoms with Gasteiger partial charge in [-0.3, -0.25) is 9.69 Å². The molecular weight excluding hydrogens is 234 g/mol. The first-order valence-corrected chi connectivity index (χ1v) is 7.77. The van der Waals surface area contributed by atoms with Crippen LogP contribution in [0.1, 0.15) is 33.1 Å². The largest absolute Gasteiger partial charge is 0.481 e. The minimum Gasteiger partial charge on any atom is -0.481 e. The zero-order valence-electron chi connectivity index (χ0n) is 10.8. The Morgan fingerprint density at radius 2 is 2.06 bits per heavy atom. The third-order valence-electron chi connectivity index (χ3n) is 4.57. The minimum atomic E-state index is -0.597. The van der Waals surface area contributed by atoms with Crippen molar-refractivity contribution in [1.82, 2.24) is 4.90 Å². The van der Waals surface area contributed by atoms with Gasteiger partial charge in [0.1, 0.15) is 0 Å². The van der Waals surface area contributed by atoms with Crippen molar-refractivity contribution in [3.05, 3.63) is 0 Å². The Morgan fingerprint density at radius 3 is 2.53 bits per heavy atom. The van der Waals surface area contributed by atoms with Crippen molar-refractivity contribution in [2.75, 3.05) is 24.6 Å². The molecule has 0 aliphatic carbocycles. The van der Waals surface area contributed by atoms with Crippen LogP contribution in [0.3, 0.4) is 0 Å². The molecule has 3 nitrogen and oxygen atoms in total. The van der Waals surface area contributed by atoms with Crippen LogP contribution in [0.25, 0.3) is 0 Å². The zero-order chi connectivity index (χ0) is 12.5. The number of hydrogen-bond acceptors (Lipinski definition) is 3. The van der Waals surface area contributed by atoms with Crippen molar-refractivity contribution < 1.29 is 9.90 Å². The highest BCUT2D eigenvalue weighted by molar-refractivity contribution is 7.99. The summed E-state index contributed by atoms with van der Waals surface area (Å²) in [4.78, 5) is 14.0. The Labute approximate surface area is 108 Å². The number of nitrogens with zero attached hydrogens (tertiary/aromatic N) is 1. The maximum Gasteiger partial charge on any atom is 0.311 e. The second kappa shape index (κ2) is 5.19. The molecule has 1 unspecified atom stereocenters. The molecule has 0 bridgehead atoms. The maximum atomic E-state index is 11.6. The SMILES string of the molecule is CC(C)C1(C(=O)O)CCN(C2CCSCC2)C1. The van der Waals surface area contributed by atoms with Crippen LogP contribution in [0.5, 0.6) is 0 Å². The zero-order valence-corrected chi connectivity index (χ0v) is 11.6. The second-order valence-electron chi connectivity index (χ2n) is 5.68. The number of carbonyl (C=O) groups is 1. The molecule has 2 heterocycles. The van der Waals surface area contributed by atoms with Gasteiger partial charge in [0.15, 0.2) is 0 Å². The minimum absolute atomic E-state index is 0.225. The summed E-state index contributed by atoms with van der Waals surface area (Å²) in [5, 5.41) is 9.52. The molecule has 0 aromatic rings. The summed E-state index contributed by atoms with van der Waals surface area (Å²) in [5.74, 6) is 2.11. The Morgan fingerprint density at radius 1 is 1.41 bits per heavy atom. The smallest absolute Gasteiger partial charge is 0.311 e. The number of thioether (sulfide) groups is 1. The standard InChI is InChI=1S/C13H23NO2S/c1-10(2)13(12(15)16)5-6-14(9-13)11-3-7-17-8-4-11/h10-11H,3-9H2,1-2H3,(H,15,16). The average Bonchev–Trinajstić information content (AvgIpc) is 2.76. The lowest BCUT2D eigenvalue weighted by Crippen LogP contribution is -2.42. The van der Waals surface area contributed by atoms with Crippen LogP contribution in [-0.4, -0.2) is 46.6 Å². The molecule has 2 saturated heterocycles. The van der Waals surface area contributed by atoms with Crippen molar-refractivity contribution in [1.29, 1.82) is 0 Å². The van der Waals surface area contributed by atoms with Gasteiger partial charge in [0.25, 0.3) is 0 Å². The molecule has 98 valence electrons. The van der Waals surface area contributed by atoms with E-state index in [4.69, 9.17) is 0 Å². The van der Waals surface area contributed by atoms with E-state index >= 15 is 0 Å². The summed E-state index contributed by atoms with van der Waals surface area (Å²) in [7, 11) is 0. The van der Waals surface area contributed by atoms with Crippen LogP contribution in [0.15, 0.2) is 0 Å². The summed E-state index contributed by atoms with van der Waals surface area (Å²) in [6, 6.07) is 0.635. The number of rotatable bonds is 3. The first kappa shape index (κ1) is 13.2. The molecule has 0 saturated carbocycles. The van der Waals surface area contributed by atoms with Gasteiger partial charge in [-0.05, 0) is 43.2 Å². The number of likely N-dealkylation sites (tertiary alicyclic amines) is 1. The molecule has 2 aliphatic rings. The fourth-order valence-electron chi connectivity index (χ4n) is 3.12. The average molecular weight is 257 g/mol. The van der Waals surface area contributed by atoms with Crippen LogP contribution in [-0.2, 0) is 4.79 Å². The number of aliphatic carboxylic acids is 1. The quantitative estimate of drug-likeness (QED) is 0.842. The molecule has 0 aromatic carbocycles. The van der Waals surface area contributed by atoms with Crippen LogP contribution in [0, 0.1) is 11.3 Å². The van der Waals surface area contributed by atoms with Gasteiger partial charge in [0, 0.05) is 12.6 Å². The predicted octanol–water partition coefficient (Wildman–Crippen LogP) is 2.31. The lowest BCUT2D eigenvalue weighted by molar-refractivity contribution is -0.151. The monoisotopic (exact) mass is 257 g/mol. The highest BCUT2D eigenvalue weighted by atomic mass is 32.2. The van der Waals surface area contributed by atoms with Gasteiger partial charge in [-0.25, -0.2) is 0 Å². The van der Waals surface area contributed by atoms with Crippen LogP contribution < -0.4 is 0 Å². The van der Waals surface area contributed by atoms with E-state index in [0.29, 0.717) is 6.04 Å². The molecule has 1 atom stereocenters. The molecule has 0 aromatic heterocycles. The normalized spacial score (nSPS) is 32.2. The fraction of sp³-hybridized carbons (Fsp3) is 0.923. The Balaban J connectivity index is 2.03. The summed E-state index contributed by atoms with van der Waals surface area (Å²) >= 11 is 2.03. The predicted molar refractivity (Wildman–Crippen MR) is 71.4 cm³/mol. The summed E-state index contributed by atoms with van der Waals surface area (Å²) in [6.45, 7) is 5.83. The first-order chi connectivity index (χ1) is 8.06. The molecule has 2 fully saturated rings. The van der Waals surface area contributed by atoms with Crippen molar-refractivity contribution in [3.8, 4) is 0 Å². The van der Waals surface area contributed by atoms with Crippen LogP contribution >= 0.6 is 11.8 Å². The molecule has 0 spiro atoms. The van der Waals surface area contributed by atoms with E-state index in [1.165, 1.54) is 24.3 Å². The van der Waals surface area contributed by atoms with E-state index in [1.807, 2.05) is 25.6 Å². The number of carboxylic acid groups (broad SMARTS) is 1. The summed E-state index contributed by atoms with van der Waals surface area (Å²) < 4.78 is 0. The molecule has 2 aliphatic heterocycles. The van der Waals surface area contributed by atoms with Crippen LogP contribution in [0.2, 0.25) is 0 Å². The van der Waals surface area contributed by atoms with Crippen molar-refractivity contribution in [3.63, 3.8) is 0 Å². The number of carboxylic acids is 1. The molecule has 17 heavy (non-hydrogen) atoms. The maximum absolute atomic E-state index is 11.6. The highest BCUT2D eigenvalue weighted by Gasteiger charge is 2.48. The van der Waals surface area contributed by atoms with E-state index in [1.54, 1.807) is 0 Å². The highest BCUT2D eigenvalue weighted by Crippen LogP contribution is 2.40. The van der Waals surface area contributed by atoms with E-state index < -0.39 is 11.4 Å². The Kier molecular flexibility index (Phi) is 4.03. The van der Waals surface area contributed by atoms with E-state index in [0.717, 1.165) is 19.5 Å². The molecule has 2 rings (SSSR count). The third-order valence-corrected chi connectivity index (χ3v) is 5.62. The van der Waals surface area contributed by atoms with Gasteiger partial charge in [-0.2, -0.15) is 11.8 Å². The fourth-order valence-corrected chi connectivity index (χ4v) is 4.20. The summed E-state index contributed by atoms with van der Waals surface area (Å²) in [5.41, 5.74) is -0.495. The van der Waals surface area contributed by atoms with Gasteiger partial charge in [-0.1, -0.05) is 13.8 Å². The van der Waals surface area contributed by atoms with Gasteiger partial charge in [0.05, 0.1) is 5.41 Å². The molecule has 0 radical (unpaired) electrons. The second-order valence-corrected chi connectivity index (χ2v) is 6.90. The van der Waals surface area contributed by atoms with Gasteiger partial charge in [-0.15, -0.1) is 0 Å². The molecule has 1 N–H and O–H groups in total. The van der Waals surface area contributed by atoms with E-state index in [9.17, 15) is 9.90 Å². The third kappa shape index (κ3) is 2.48. The van der Waals surface area contributed by atoms with Crippen LogP contribution in [0.4, 0.5) is 0 Å². The van der Waals surface area contributed by atoms with E-state index in [-0.39, 0.29) is 5.92 Å². The van der Waals surface area contributed by atoms with Crippen molar-refractivity contribution in [2.45, 2.75) is 39.2 Å². The molecule has 0 amide bonds. The lowest BCUT2D eigenvalue weighted by atomic mass is 9.76. The Hall–Kier alpha value is -0.220. The van der Waals surface area contributed by atoms with Gasteiger partial charge >= 0.3 is 5.97 Å². The Bertz CT molecular complexity index is 289. The first-order valence-electron chi connectivity index (χ1n) is 6.61. The van der Waals surface area contributed by atoms with Gasteiger partial charge < -0.3 is 5.11 Å². The topological polar surface area (TPSA) is 40.5 Å². The molecular formula is C13H23NO2S. The van der Waals surface area contributed by atoms with Crippen molar-refractivity contribution in [2.24, 2.45) is 11.3 Å².